The zero-order valence-corrected chi connectivity index (χ0v) is 13.5. The van der Waals surface area contributed by atoms with Gasteiger partial charge in [0.2, 0.25) is 5.67 Å². The first-order valence-corrected chi connectivity index (χ1v) is 7.10. The number of benzene rings is 1. The molecule has 1 aliphatic rings. The fourth-order valence-electron chi connectivity index (χ4n) is 2.26. The summed E-state index contributed by atoms with van der Waals surface area (Å²) < 4.78 is 78.3. The molecule has 1 heterocycles. The monoisotopic (exact) mass is 336 g/mol. The zero-order chi connectivity index (χ0) is 17.8. The predicted octanol–water partition coefficient (Wildman–Crippen LogP) is 3.87. The standard InChI is InChI=1S/C15H18BF5O2/c1-12(2)13(3,4)23-16(22-12)11-7-6-9(17)8-10(11)14(5,18)15(19,20)21/h6-8H,1-5H3. The Hall–Kier alpha value is -1.15. The van der Waals surface area contributed by atoms with Gasteiger partial charge in [0.05, 0.1) is 11.2 Å². The highest BCUT2D eigenvalue weighted by Gasteiger charge is 2.58. The van der Waals surface area contributed by atoms with Crippen LogP contribution in [0.2, 0.25) is 0 Å². The number of hydrogen-bond acceptors (Lipinski definition) is 2. The molecule has 1 unspecified atom stereocenters. The maximum absolute atomic E-state index is 14.4. The third-order valence-corrected chi connectivity index (χ3v) is 4.56. The molecule has 0 spiro atoms. The van der Waals surface area contributed by atoms with E-state index in [0.717, 1.165) is 12.1 Å². The van der Waals surface area contributed by atoms with Crippen LogP contribution in [-0.4, -0.2) is 24.5 Å². The molecule has 1 saturated heterocycles. The van der Waals surface area contributed by atoms with Crippen molar-refractivity contribution < 1.29 is 31.3 Å². The number of rotatable bonds is 2. The van der Waals surface area contributed by atoms with Crippen molar-refractivity contribution in [2.24, 2.45) is 0 Å². The molecular formula is C15H18BF5O2. The zero-order valence-electron chi connectivity index (χ0n) is 13.5. The molecule has 0 aromatic heterocycles. The van der Waals surface area contributed by atoms with E-state index < -0.39 is 41.5 Å². The summed E-state index contributed by atoms with van der Waals surface area (Å²) in [6.07, 6.45) is -5.20. The second-order valence-corrected chi connectivity index (χ2v) is 6.82. The Kier molecular flexibility index (Phi) is 4.10. The summed E-state index contributed by atoms with van der Waals surface area (Å²) in [6.45, 7) is 7.23. The van der Waals surface area contributed by atoms with Gasteiger partial charge in [0.25, 0.3) is 0 Å². The summed E-state index contributed by atoms with van der Waals surface area (Å²) in [5, 5.41) is 0. The SMILES string of the molecule is CC1(C)OB(c2ccc(F)cc2C(C)(F)C(F)(F)F)OC1(C)C. The fraction of sp³-hybridized carbons (Fsp3) is 0.600. The lowest BCUT2D eigenvalue weighted by Gasteiger charge is -2.32. The molecule has 2 nitrogen and oxygen atoms in total. The normalized spacial score (nSPS) is 23.0. The Morgan fingerprint density at radius 2 is 1.43 bits per heavy atom. The third kappa shape index (κ3) is 2.98. The molecule has 0 saturated carbocycles. The van der Waals surface area contributed by atoms with Crippen LogP contribution in [0.5, 0.6) is 0 Å². The lowest BCUT2D eigenvalue weighted by atomic mass is 9.72. The second kappa shape index (κ2) is 5.18. The number of halogens is 5. The molecule has 0 amide bonds. The van der Waals surface area contributed by atoms with E-state index in [1.165, 1.54) is 0 Å². The highest BCUT2D eigenvalue weighted by atomic mass is 19.4. The van der Waals surface area contributed by atoms with Crippen LogP contribution in [-0.2, 0) is 15.0 Å². The minimum absolute atomic E-state index is 0.174. The summed E-state index contributed by atoms with van der Waals surface area (Å²) in [7, 11) is -1.21. The number of hydrogen-bond donors (Lipinski definition) is 0. The molecular weight excluding hydrogens is 318 g/mol. The Bertz CT molecular complexity index is 594. The van der Waals surface area contributed by atoms with Crippen molar-refractivity contribution >= 4 is 12.6 Å². The van der Waals surface area contributed by atoms with Gasteiger partial charge < -0.3 is 9.31 Å². The highest BCUT2D eigenvalue weighted by molar-refractivity contribution is 6.62. The van der Waals surface area contributed by atoms with Crippen molar-refractivity contribution in [3.05, 3.63) is 29.6 Å². The molecule has 0 radical (unpaired) electrons. The maximum Gasteiger partial charge on any atom is 0.495 e. The van der Waals surface area contributed by atoms with Crippen LogP contribution in [0.4, 0.5) is 22.0 Å². The quantitative estimate of drug-likeness (QED) is 0.603. The molecule has 1 atom stereocenters. The summed E-state index contributed by atoms with van der Waals surface area (Å²) in [6, 6.07) is 2.56. The van der Waals surface area contributed by atoms with Gasteiger partial charge in [0.15, 0.2) is 0 Å². The van der Waals surface area contributed by atoms with Gasteiger partial charge in [-0.3, -0.25) is 0 Å². The van der Waals surface area contributed by atoms with Crippen LogP contribution in [0.15, 0.2) is 18.2 Å². The van der Waals surface area contributed by atoms with Crippen molar-refractivity contribution in [1.82, 2.24) is 0 Å². The van der Waals surface area contributed by atoms with Gasteiger partial charge in [-0.05, 0) is 52.2 Å². The van der Waals surface area contributed by atoms with Gasteiger partial charge in [0.1, 0.15) is 5.82 Å². The van der Waals surface area contributed by atoms with E-state index in [9.17, 15) is 22.0 Å². The van der Waals surface area contributed by atoms with Gasteiger partial charge in [-0.1, -0.05) is 6.07 Å². The lowest BCUT2D eigenvalue weighted by Crippen LogP contribution is -2.45. The Morgan fingerprint density at radius 1 is 0.957 bits per heavy atom. The van der Waals surface area contributed by atoms with Gasteiger partial charge >= 0.3 is 13.3 Å². The smallest absolute Gasteiger partial charge is 0.399 e. The molecule has 2 rings (SSSR count). The van der Waals surface area contributed by atoms with E-state index in [1.54, 1.807) is 27.7 Å². The molecule has 1 aliphatic heterocycles. The summed E-state index contributed by atoms with van der Waals surface area (Å²) in [5.41, 5.74) is -6.37. The van der Waals surface area contributed by atoms with Crippen LogP contribution >= 0.6 is 0 Å². The molecule has 0 aliphatic carbocycles. The van der Waals surface area contributed by atoms with Gasteiger partial charge in [-0.25, -0.2) is 8.78 Å². The van der Waals surface area contributed by atoms with Crippen molar-refractivity contribution in [3.8, 4) is 0 Å². The third-order valence-electron chi connectivity index (χ3n) is 4.56. The predicted molar refractivity (Wildman–Crippen MR) is 76.6 cm³/mol. The van der Waals surface area contributed by atoms with Crippen molar-refractivity contribution in [3.63, 3.8) is 0 Å². The Labute approximate surface area is 132 Å². The molecule has 1 aromatic rings. The molecule has 0 bridgehead atoms. The molecule has 23 heavy (non-hydrogen) atoms. The number of alkyl halides is 4. The van der Waals surface area contributed by atoms with E-state index >= 15 is 0 Å². The van der Waals surface area contributed by atoms with Gasteiger partial charge in [0, 0.05) is 5.56 Å². The largest absolute Gasteiger partial charge is 0.495 e. The van der Waals surface area contributed by atoms with Crippen molar-refractivity contribution in [2.75, 3.05) is 0 Å². The van der Waals surface area contributed by atoms with Crippen LogP contribution in [0, 0.1) is 5.82 Å². The first-order valence-electron chi connectivity index (χ1n) is 7.10. The van der Waals surface area contributed by atoms with Crippen molar-refractivity contribution in [1.29, 1.82) is 0 Å². The Balaban J connectivity index is 2.54. The lowest BCUT2D eigenvalue weighted by molar-refractivity contribution is -0.228. The van der Waals surface area contributed by atoms with E-state index in [0.29, 0.717) is 13.0 Å². The summed E-state index contributed by atoms with van der Waals surface area (Å²) >= 11 is 0. The van der Waals surface area contributed by atoms with Crippen molar-refractivity contribution in [2.45, 2.75) is 57.7 Å². The minimum Gasteiger partial charge on any atom is -0.399 e. The second-order valence-electron chi connectivity index (χ2n) is 6.82. The van der Waals surface area contributed by atoms with E-state index in [2.05, 4.69) is 0 Å². The summed E-state index contributed by atoms with van der Waals surface area (Å²) in [5.74, 6) is -0.964. The van der Waals surface area contributed by atoms with Gasteiger partial charge in [-0.15, -0.1) is 0 Å². The topological polar surface area (TPSA) is 18.5 Å². The van der Waals surface area contributed by atoms with E-state index in [4.69, 9.17) is 9.31 Å². The Morgan fingerprint density at radius 3 is 1.87 bits per heavy atom. The molecule has 8 heteroatoms. The minimum atomic E-state index is -5.20. The average molecular weight is 336 g/mol. The highest BCUT2D eigenvalue weighted by Crippen LogP contribution is 2.43. The summed E-state index contributed by atoms with van der Waals surface area (Å²) in [4.78, 5) is 0. The average Bonchev–Trinajstić information content (AvgIpc) is 2.56. The molecule has 1 aromatic carbocycles. The first-order chi connectivity index (χ1) is 10.2. The van der Waals surface area contributed by atoms with E-state index in [-0.39, 0.29) is 5.46 Å². The molecule has 1 fully saturated rings. The van der Waals surface area contributed by atoms with Crippen LogP contribution < -0.4 is 5.46 Å². The maximum atomic E-state index is 14.4. The van der Waals surface area contributed by atoms with Crippen LogP contribution in [0.25, 0.3) is 0 Å². The first kappa shape index (κ1) is 18.2. The van der Waals surface area contributed by atoms with Crippen LogP contribution in [0.1, 0.15) is 40.2 Å². The molecule has 0 N–H and O–H groups in total. The van der Waals surface area contributed by atoms with E-state index in [1.807, 2.05) is 0 Å². The van der Waals surface area contributed by atoms with Gasteiger partial charge in [-0.2, -0.15) is 13.2 Å². The fourth-order valence-corrected chi connectivity index (χ4v) is 2.26. The molecule has 128 valence electrons. The van der Waals surface area contributed by atoms with Crippen LogP contribution in [0.3, 0.4) is 0 Å².